The summed E-state index contributed by atoms with van der Waals surface area (Å²) in [7, 11) is 0. The highest BCUT2D eigenvalue weighted by atomic mass is 35.5. The number of rotatable bonds is 6. The first-order chi connectivity index (χ1) is 18.1. The topological polar surface area (TPSA) is 131 Å². The molecule has 0 bridgehead atoms. The molecule has 0 saturated carbocycles. The van der Waals surface area contributed by atoms with Crippen molar-refractivity contribution in [3.05, 3.63) is 50.6 Å². The van der Waals surface area contributed by atoms with E-state index in [-0.39, 0.29) is 30.8 Å². The lowest BCUT2D eigenvalue weighted by Gasteiger charge is -2.29. The van der Waals surface area contributed by atoms with Crippen molar-refractivity contribution in [2.75, 3.05) is 13.1 Å². The third-order valence-electron chi connectivity index (χ3n) is 7.43. The van der Waals surface area contributed by atoms with Gasteiger partial charge in [-0.25, -0.2) is 9.78 Å². The number of H-pyrrole nitrogens is 1. The van der Waals surface area contributed by atoms with Crippen LogP contribution >= 0.6 is 35.3 Å². The van der Waals surface area contributed by atoms with E-state index in [9.17, 15) is 19.5 Å². The van der Waals surface area contributed by atoms with Crippen LogP contribution in [0.15, 0.2) is 24.3 Å². The van der Waals surface area contributed by atoms with Gasteiger partial charge in [0, 0.05) is 52.9 Å². The number of carbonyl (C=O) groups is 3. The summed E-state index contributed by atoms with van der Waals surface area (Å²) in [6, 6.07) is 5.68. The Kier molecular flexibility index (Phi) is 8.75. The van der Waals surface area contributed by atoms with E-state index in [1.807, 2.05) is 6.92 Å². The molecule has 0 spiro atoms. The molecule has 210 valence electrons. The molecule has 4 N–H and O–H groups in total. The van der Waals surface area contributed by atoms with E-state index in [0.29, 0.717) is 28.2 Å². The number of halogens is 2. The number of amides is 3. The lowest BCUT2D eigenvalue weighted by Crippen LogP contribution is -2.54. The summed E-state index contributed by atoms with van der Waals surface area (Å²) < 4.78 is 0. The number of aromatic nitrogens is 2. The van der Waals surface area contributed by atoms with Crippen molar-refractivity contribution < 1.29 is 19.5 Å². The molecule has 13 heteroatoms. The molecule has 3 atom stereocenters. The monoisotopic (exact) mass is 594 g/mol. The smallest absolute Gasteiger partial charge is 0.407 e. The first-order valence-electron chi connectivity index (χ1n) is 12.8. The van der Waals surface area contributed by atoms with Gasteiger partial charge in [-0.05, 0) is 44.5 Å². The number of thiazole rings is 1. The Balaban J connectivity index is 0.00000353. The van der Waals surface area contributed by atoms with Gasteiger partial charge >= 0.3 is 6.09 Å². The Morgan fingerprint density at radius 3 is 2.69 bits per heavy atom. The molecule has 1 saturated heterocycles. The van der Waals surface area contributed by atoms with Crippen LogP contribution < -0.4 is 10.6 Å². The van der Waals surface area contributed by atoms with E-state index >= 15 is 0 Å². The number of carboxylic acid groups (broad SMARTS) is 1. The predicted molar refractivity (Wildman–Crippen MR) is 153 cm³/mol. The second-order valence-electron chi connectivity index (χ2n) is 10.1. The fourth-order valence-corrected chi connectivity index (χ4v) is 6.60. The molecular formula is C26H32Cl2N6O4S. The fraction of sp³-hybridized carbons (Fsp3) is 0.462. The van der Waals surface area contributed by atoms with Crippen molar-refractivity contribution >= 4 is 64.2 Å². The van der Waals surface area contributed by atoms with Gasteiger partial charge in [-0.3, -0.25) is 14.5 Å². The zero-order valence-electron chi connectivity index (χ0n) is 21.9. The number of hydrogen-bond acceptors (Lipinski definition) is 6. The Hall–Kier alpha value is -2.86. The molecule has 1 fully saturated rings. The van der Waals surface area contributed by atoms with E-state index in [1.165, 1.54) is 16.2 Å². The highest BCUT2D eigenvalue weighted by Crippen LogP contribution is 2.28. The molecule has 2 aromatic heterocycles. The van der Waals surface area contributed by atoms with Gasteiger partial charge in [0.05, 0.1) is 23.8 Å². The number of likely N-dealkylation sites (tertiary alicyclic amines) is 1. The Labute approximate surface area is 241 Å². The average Bonchev–Trinajstić information content (AvgIpc) is 3.58. The summed E-state index contributed by atoms with van der Waals surface area (Å²) >= 11 is 7.46. The van der Waals surface area contributed by atoms with E-state index in [4.69, 9.17) is 11.6 Å². The van der Waals surface area contributed by atoms with Gasteiger partial charge in [-0.2, -0.15) is 0 Å². The van der Waals surface area contributed by atoms with Crippen molar-refractivity contribution in [3.8, 4) is 0 Å². The van der Waals surface area contributed by atoms with Gasteiger partial charge < -0.3 is 25.6 Å². The molecule has 10 nitrogen and oxygen atoms in total. The average molecular weight is 596 g/mol. The number of nitrogens with one attached hydrogen (secondary N) is 3. The van der Waals surface area contributed by atoms with Crippen molar-refractivity contribution in [1.29, 1.82) is 0 Å². The largest absolute Gasteiger partial charge is 0.465 e. The van der Waals surface area contributed by atoms with Crippen molar-refractivity contribution in [2.24, 2.45) is 0 Å². The van der Waals surface area contributed by atoms with Crippen LogP contribution in [0, 0.1) is 0 Å². The molecular weight excluding hydrogens is 563 g/mol. The minimum absolute atomic E-state index is 0. The maximum Gasteiger partial charge on any atom is 0.407 e. The molecule has 3 amide bonds. The predicted octanol–water partition coefficient (Wildman–Crippen LogP) is 4.14. The van der Waals surface area contributed by atoms with Crippen LogP contribution in [0.5, 0.6) is 0 Å². The molecule has 39 heavy (non-hydrogen) atoms. The molecule has 2 aliphatic heterocycles. The van der Waals surface area contributed by atoms with Crippen molar-refractivity contribution in [1.82, 2.24) is 30.4 Å². The number of carbonyl (C=O) groups excluding carboxylic acids is 2. The van der Waals surface area contributed by atoms with E-state index in [0.717, 1.165) is 41.0 Å². The minimum atomic E-state index is -1.09. The third kappa shape index (κ3) is 5.86. The van der Waals surface area contributed by atoms with Gasteiger partial charge in [0.15, 0.2) is 5.01 Å². The number of aromatic amines is 1. The SMILES string of the molecule is CCC1[C@H](NC(=O)c2cc3cc(Cl)ccc3[nH]2)[C@H](NC(=O)c2nc3c(s2)CN(C(C)C)CC3)CN1C(=O)O.Cl. The zero-order valence-corrected chi connectivity index (χ0v) is 24.3. The fourth-order valence-electron chi connectivity index (χ4n) is 5.39. The summed E-state index contributed by atoms with van der Waals surface area (Å²) in [5.74, 6) is -0.738. The summed E-state index contributed by atoms with van der Waals surface area (Å²) in [6.45, 7) is 7.90. The first kappa shape index (κ1) is 29.1. The molecule has 4 heterocycles. The number of benzene rings is 1. The van der Waals surface area contributed by atoms with Crippen LogP contribution in [0.1, 0.15) is 58.1 Å². The summed E-state index contributed by atoms with van der Waals surface area (Å²) in [6.07, 6.45) is 0.175. The molecule has 5 rings (SSSR count). The van der Waals surface area contributed by atoms with Crippen molar-refractivity contribution in [2.45, 2.75) is 64.3 Å². The Morgan fingerprint density at radius 2 is 2.00 bits per heavy atom. The van der Waals surface area contributed by atoms with Crippen molar-refractivity contribution in [3.63, 3.8) is 0 Å². The van der Waals surface area contributed by atoms with Crippen LogP contribution in [0.4, 0.5) is 4.79 Å². The zero-order chi connectivity index (χ0) is 27.1. The number of nitrogens with zero attached hydrogens (tertiary/aromatic N) is 3. The van der Waals surface area contributed by atoms with Crippen LogP contribution in [-0.2, 0) is 13.0 Å². The van der Waals surface area contributed by atoms with Crippen LogP contribution in [0.3, 0.4) is 0 Å². The molecule has 3 aromatic rings. The lowest BCUT2D eigenvalue weighted by atomic mass is 10.0. The highest BCUT2D eigenvalue weighted by Gasteiger charge is 2.45. The van der Waals surface area contributed by atoms with E-state index in [1.54, 1.807) is 24.3 Å². The molecule has 1 unspecified atom stereocenters. The maximum absolute atomic E-state index is 13.3. The van der Waals surface area contributed by atoms with Gasteiger partial charge in [-0.15, -0.1) is 23.7 Å². The van der Waals surface area contributed by atoms with Gasteiger partial charge in [0.2, 0.25) is 0 Å². The van der Waals surface area contributed by atoms with Gasteiger partial charge in [0.1, 0.15) is 5.69 Å². The van der Waals surface area contributed by atoms with Gasteiger partial charge in [0.25, 0.3) is 11.8 Å². The lowest BCUT2D eigenvalue weighted by molar-refractivity contribution is 0.0884. The maximum atomic E-state index is 13.3. The summed E-state index contributed by atoms with van der Waals surface area (Å²) in [5.41, 5.74) is 2.04. The molecule has 0 aliphatic carbocycles. The van der Waals surface area contributed by atoms with Crippen LogP contribution in [-0.4, -0.2) is 80.0 Å². The van der Waals surface area contributed by atoms with Crippen LogP contribution in [0.2, 0.25) is 5.02 Å². The second-order valence-corrected chi connectivity index (χ2v) is 11.6. The first-order valence-corrected chi connectivity index (χ1v) is 14.0. The minimum Gasteiger partial charge on any atom is -0.465 e. The van der Waals surface area contributed by atoms with E-state index < -0.39 is 24.2 Å². The highest BCUT2D eigenvalue weighted by molar-refractivity contribution is 7.13. The summed E-state index contributed by atoms with van der Waals surface area (Å²) in [5, 5.41) is 17.5. The Morgan fingerprint density at radius 1 is 1.23 bits per heavy atom. The molecule has 2 aliphatic rings. The standard InChI is InChI=1S/C26H31ClN6O4S.ClH/c1-4-20-22(31-23(34)18-10-14-9-15(27)5-6-16(14)28-18)19(11-33(20)26(36)37)29-24(35)25-30-17-7-8-32(13(2)3)12-21(17)38-25;/h5-6,9-10,13,19-20,22,28H,4,7-8,11-12H2,1-3H3,(H,29,35)(H,31,34)(H,36,37);1H/t19-,20?,22-;/m1./s1. The number of hydrogen-bond donors (Lipinski definition) is 4. The molecule has 0 radical (unpaired) electrons. The third-order valence-corrected chi connectivity index (χ3v) is 8.75. The van der Waals surface area contributed by atoms with E-state index in [2.05, 4.69) is 39.3 Å². The Bertz CT molecular complexity index is 1390. The quantitative estimate of drug-likeness (QED) is 0.339. The summed E-state index contributed by atoms with van der Waals surface area (Å²) in [4.78, 5) is 50.9. The molecule has 1 aromatic carbocycles. The number of fused-ring (bicyclic) bond motifs is 2. The van der Waals surface area contributed by atoms with Gasteiger partial charge in [-0.1, -0.05) is 18.5 Å². The second kappa shape index (κ2) is 11.7. The van der Waals surface area contributed by atoms with Crippen LogP contribution in [0.25, 0.3) is 10.9 Å². The normalized spacial score (nSPS) is 21.1.